The average molecular weight is 169 g/mol. The molecule has 0 aliphatic carbocycles. The second-order valence-corrected chi connectivity index (χ2v) is 3.78. The fraction of sp³-hybridized carbons (Fsp3) is 0.889. The van der Waals surface area contributed by atoms with Gasteiger partial charge in [0.05, 0.1) is 12.6 Å². The van der Waals surface area contributed by atoms with Crippen molar-refractivity contribution in [3.05, 3.63) is 0 Å². The molecule has 0 aromatic heterocycles. The molecule has 3 heteroatoms. The van der Waals surface area contributed by atoms with Gasteiger partial charge < -0.3 is 0 Å². The molecule has 0 spiro atoms. The molecule has 0 saturated carbocycles. The third kappa shape index (κ3) is 1.22. The third-order valence-electron chi connectivity index (χ3n) is 2.89. The van der Waals surface area contributed by atoms with Crippen LogP contribution >= 0.6 is 0 Å². The molecule has 0 aromatic rings. The van der Waals surface area contributed by atoms with Crippen molar-refractivity contribution in [1.82, 2.24) is 5.06 Å². The summed E-state index contributed by atoms with van der Waals surface area (Å²) in [6.45, 7) is 2.92. The second kappa shape index (κ2) is 3.05. The van der Waals surface area contributed by atoms with Crippen LogP contribution in [0.5, 0.6) is 0 Å². The van der Waals surface area contributed by atoms with Gasteiger partial charge in [-0.3, -0.25) is 9.63 Å². The van der Waals surface area contributed by atoms with E-state index in [1.807, 2.05) is 0 Å². The molecule has 1 amide bonds. The van der Waals surface area contributed by atoms with Crippen molar-refractivity contribution < 1.29 is 9.63 Å². The Morgan fingerprint density at radius 1 is 1.50 bits per heavy atom. The van der Waals surface area contributed by atoms with Gasteiger partial charge >= 0.3 is 0 Å². The van der Waals surface area contributed by atoms with E-state index >= 15 is 0 Å². The van der Waals surface area contributed by atoms with Crippen LogP contribution in [0.4, 0.5) is 0 Å². The summed E-state index contributed by atoms with van der Waals surface area (Å²) in [4.78, 5) is 16.7. The second-order valence-electron chi connectivity index (χ2n) is 3.78. The molecule has 12 heavy (non-hydrogen) atoms. The Hall–Kier alpha value is -0.570. The average Bonchev–Trinajstić information content (AvgIpc) is 2.12. The van der Waals surface area contributed by atoms with Crippen LogP contribution in [0.2, 0.25) is 0 Å². The van der Waals surface area contributed by atoms with Gasteiger partial charge in [0.25, 0.3) is 0 Å². The van der Waals surface area contributed by atoms with Gasteiger partial charge in [-0.25, -0.2) is 5.06 Å². The van der Waals surface area contributed by atoms with Crippen molar-refractivity contribution >= 4 is 5.91 Å². The van der Waals surface area contributed by atoms with Gasteiger partial charge in [-0.1, -0.05) is 6.92 Å². The predicted molar refractivity (Wildman–Crippen MR) is 44.2 cm³/mol. The zero-order valence-corrected chi connectivity index (χ0v) is 7.45. The maximum absolute atomic E-state index is 11.4. The summed E-state index contributed by atoms with van der Waals surface area (Å²) < 4.78 is 0. The SMILES string of the molecule is C[C@@H]1CCC(=O)N2OCCC[C@H]12. The molecule has 0 radical (unpaired) electrons. The lowest BCUT2D eigenvalue weighted by atomic mass is 9.88. The van der Waals surface area contributed by atoms with Gasteiger partial charge in [0.1, 0.15) is 0 Å². The smallest absolute Gasteiger partial charge is 0.246 e. The Bertz CT molecular complexity index is 193. The number of hydrogen-bond acceptors (Lipinski definition) is 2. The number of hydrogen-bond donors (Lipinski definition) is 0. The molecular weight excluding hydrogens is 154 g/mol. The minimum atomic E-state index is 0.179. The first-order chi connectivity index (χ1) is 5.79. The van der Waals surface area contributed by atoms with Crippen LogP contribution in [-0.2, 0) is 9.63 Å². The Morgan fingerprint density at radius 2 is 2.33 bits per heavy atom. The predicted octanol–water partition coefficient (Wildman–Crippen LogP) is 1.34. The number of piperidine rings is 1. The Balaban J connectivity index is 2.11. The topological polar surface area (TPSA) is 29.5 Å². The van der Waals surface area contributed by atoms with Gasteiger partial charge in [0, 0.05) is 6.42 Å². The Kier molecular flexibility index (Phi) is 2.05. The van der Waals surface area contributed by atoms with Gasteiger partial charge in [0.15, 0.2) is 0 Å². The van der Waals surface area contributed by atoms with E-state index in [0.29, 0.717) is 18.4 Å². The summed E-state index contributed by atoms with van der Waals surface area (Å²) in [6.07, 6.45) is 3.91. The normalized spacial score (nSPS) is 36.4. The van der Waals surface area contributed by atoms with Crippen molar-refractivity contribution in [2.24, 2.45) is 5.92 Å². The van der Waals surface area contributed by atoms with E-state index < -0.39 is 0 Å². The first-order valence-electron chi connectivity index (χ1n) is 4.74. The standard InChI is InChI=1S/C9H15NO2/c1-7-4-5-9(11)10-8(7)3-2-6-12-10/h7-8H,2-6H2,1H3/t7-,8-/m1/s1. The third-order valence-corrected chi connectivity index (χ3v) is 2.89. The molecule has 0 aromatic carbocycles. The number of nitrogens with zero attached hydrogens (tertiary/aromatic N) is 1. The molecule has 2 atom stereocenters. The van der Waals surface area contributed by atoms with Crippen LogP contribution < -0.4 is 0 Å². The molecule has 3 nitrogen and oxygen atoms in total. The van der Waals surface area contributed by atoms with Crippen molar-refractivity contribution in [2.45, 2.75) is 38.6 Å². The Morgan fingerprint density at radius 3 is 3.08 bits per heavy atom. The highest BCUT2D eigenvalue weighted by molar-refractivity contribution is 5.76. The number of hydroxylamine groups is 2. The van der Waals surface area contributed by atoms with E-state index in [1.165, 1.54) is 0 Å². The molecule has 0 bridgehead atoms. The van der Waals surface area contributed by atoms with E-state index in [2.05, 4.69) is 6.92 Å². The summed E-state index contributed by atoms with van der Waals surface area (Å²) in [6, 6.07) is 0.361. The Labute approximate surface area is 72.6 Å². The zero-order valence-electron chi connectivity index (χ0n) is 7.45. The van der Waals surface area contributed by atoms with Crippen molar-refractivity contribution in [3.63, 3.8) is 0 Å². The lowest BCUT2D eigenvalue weighted by Crippen LogP contribution is -2.50. The van der Waals surface area contributed by atoms with Gasteiger partial charge in [-0.05, 0) is 25.2 Å². The van der Waals surface area contributed by atoms with Gasteiger partial charge in [-0.2, -0.15) is 0 Å². The summed E-state index contributed by atoms with van der Waals surface area (Å²) in [7, 11) is 0. The van der Waals surface area contributed by atoms with Crippen LogP contribution in [-0.4, -0.2) is 23.6 Å². The summed E-state index contributed by atoms with van der Waals surface area (Å²) >= 11 is 0. The molecule has 2 saturated heterocycles. The molecule has 2 heterocycles. The quantitative estimate of drug-likeness (QED) is 0.547. The van der Waals surface area contributed by atoms with Crippen molar-refractivity contribution in [2.75, 3.05) is 6.61 Å². The van der Waals surface area contributed by atoms with Gasteiger partial charge in [0.2, 0.25) is 5.91 Å². The molecular formula is C9H15NO2. The van der Waals surface area contributed by atoms with Crippen LogP contribution in [0, 0.1) is 5.92 Å². The number of rotatable bonds is 0. The van der Waals surface area contributed by atoms with E-state index in [0.717, 1.165) is 25.9 Å². The molecule has 0 unspecified atom stereocenters. The summed E-state index contributed by atoms with van der Waals surface area (Å²) in [5.41, 5.74) is 0. The number of carbonyl (C=O) groups is 1. The largest absolute Gasteiger partial charge is 0.273 e. The molecule has 2 aliphatic heterocycles. The van der Waals surface area contributed by atoms with Crippen LogP contribution in [0.25, 0.3) is 0 Å². The molecule has 68 valence electrons. The van der Waals surface area contributed by atoms with E-state index in [4.69, 9.17) is 4.84 Å². The molecule has 0 N–H and O–H groups in total. The zero-order chi connectivity index (χ0) is 8.55. The number of amides is 1. The van der Waals surface area contributed by atoms with Gasteiger partial charge in [-0.15, -0.1) is 0 Å². The minimum Gasteiger partial charge on any atom is -0.273 e. The van der Waals surface area contributed by atoms with E-state index in [9.17, 15) is 4.79 Å². The highest BCUT2D eigenvalue weighted by atomic mass is 16.7. The maximum Gasteiger partial charge on any atom is 0.246 e. The summed E-state index contributed by atoms with van der Waals surface area (Å²) in [5.74, 6) is 0.792. The first-order valence-corrected chi connectivity index (χ1v) is 4.74. The van der Waals surface area contributed by atoms with Crippen LogP contribution in [0.1, 0.15) is 32.6 Å². The highest BCUT2D eigenvalue weighted by Crippen LogP contribution is 2.30. The fourth-order valence-corrected chi connectivity index (χ4v) is 2.09. The number of fused-ring (bicyclic) bond motifs is 1. The molecule has 2 rings (SSSR count). The highest BCUT2D eigenvalue weighted by Gasteiger charge is 2.35. The maximum atomic E-state index is 11.4. The van der Waals surface area contributed by atoms with E-state index in [1.54, 1.807) is 5.06 Å². The monoisotopic (exact) mass is 169 g/mol. The summed E-state index contributed by atoms with van der Waals surface area (Å²) in [5, 5.41) is 1.62. The van der Waals surface area contributed by atoms with Crippen molar-refractivity contribution in [1.29, 1.82) is 0 Å². The lowest BCUT2D eigenvalue weighted by Gasteiger charge is -2.41. The van der Waals surface area contributed by atoms with Crippen LogP contribution in [0.3, 0.4) is 0 Å². The first kappa shape index (κ1) is 8.05. The van der Waals surface area contributed by atoms with E-state index in [-0.39, 0.29) is 5.91 Å². The number of carbonyl (C=O) groups excluding carboxylic acids is 1. The van der Waals surface area contributed by atoms with Crippen molar-refractivity contribution in [3.8, 4) is 0 Å². The fourth-order valence-electron chi connectivity index (χ4n) is 2.09. The molecule has 2 fully saturated rings. The molecule has 2 aliphatic rings. The minimum absolute atomic E-state index is 0.179. The lowest BCUT2D eigenvalue weighted by molar-refractivity contribution is -0.229. The van der Waals surface area contributed by atoms with Crippen LogP contribution in [0.15, 0.2) is 0 Å².